The van der Waals surface area contributed by atoms with Crippen molar-refractivity contribution in [1.29, 1.82) is 0 Å². The fourth-order valence-corrected chi connectivity index (χ4v) is 1.93. The highest BCUT2D eigenvalue weighted by molar-refractivity contribution is 5.80. The molecule has 0 heterocycles. The van der Waals surface area contributed by atoms with Gasteiger partial charge in [0.1, 0.15) is 11.6 Å². The van der Waals surface area contributed by atoms with Crippen LogP contribution >= 0.6 is 0 Å². The highest BCUT2D eigenvalue weighted by Gasteiger charge is 2.34. The van der Waals surface area contributed by atoms with Gasteiger partial charge in [0.25, 0.3) is 5.91 Å². The van der Waals surface area contributed by atoms with Crippen molar-refractivity contribution < 1.29 is 19.0 Å². The van der Waals surface area contributed by atoms with Gasteiger partial charge in [-0.25, -0.2) is 4.39 Å². The van der Waals surface area contributed by atoms with Crippen molar-refractivity contribution in [1.82, 2.24) is 5.32 Å². The van der Waals surface area contributed by atoms with Crippen LogP contribution in [0.3, 0.4) is 0 Å². The molecule has 1 saturated carbocycles. The molecule has 0 radical (unpaired) electrons. The molecule has 1 aromatic rings. The number of nitrogens with one attached hydrogen (secondary N) is 1. The number of rotatable bonds is 5. The van der Waals surface area contributed by atoms with E-state index in [-0.39, 0.29) is 18.3 Å². The van der Waals surface area contributed by atoms with Crippen LogP contribution in [0.1, 0.15) is 26.2 Å². The van der Waals surface area contributed by atoms with Crippen LogP contribution in [0.15, 0.2) is 24.3 Å². The largest absolute Gasteiger partial charge is 0.481 e. The van der Waals surface area contributed by atoms with Gasteiger partial charge in [0.2, 0.25) is 0 Å². The number of amides is 1. The summed E-state index contributed by atoms with van der Waals surface area (Å²) in [5.41, 5.74) is -0.745. The zero-order valence-corrected chi connectivity index (χ0v) is 10.9. The maximum atomic E-state index is 12.7. The summed E-state index contributed by atoms with van der Waals surface area (Å²) in [6.07, 6.45) is 1.75. The van der Waals surface area contributed by atoms with Crippen molar-refractivity contribution in [3.05, 3.63) is 30.1 Å². The Hall–Kier alpha value is -1.62. The summed E-state index contributed by atoms with van der Waals surface area (Å²) in [6, 6.07) is 5.49. The molecule has 104 valence electrons. The van der Waals surface area contributed by atoms with Gasteiger partial charge >= 0.3 is 0 Å². The summed E-state index contributed by atoms with van der Waals surface area (Å²) in [4.78, 5) is 11.8. The molecule has 1 fully saturated rings. The Bertz CT molecular complexity index is 443. The van der Waals surface area contributed by atoms with E-state index in [0.717, 1.165) is 19.3 Å². The molecule has 0 bridgehead atoms. The molecular weight excluding hydrogens is 249 g/mol. The average Bonchev–Trinajstić information content (AvgIpc) is 2.36. The lowest BCUT2D eigenvalue weighted by atomic mass is 9.80. The van der Waals surface area contributed by atoms with Crippen LogP contribution in [0.25, 0.3) is 0 Å². The van der Waals surface area contributed by atoms with Gasteiger partial charge in [0, 0.05) is 6.54 Å². The third kappa shape index (κ3) is 3.67. The Morgan fingerprint density at radius 1 is 1.47 bits per heavy atom. The fourth-order valence-electron chi connectivity index (χ4n) is 1.93. The zero-order chi connectivity index (χ0) is 13.9. The van der Waals surface area contributed by atoms with E-state index in [1.54, 1.807) is 6.92 Å². The molecule has 0 aliphatic heterocycles. The Morgan fingerprint density at radius 3 is 2.63 bits per heavy atom. The molecule has 1 amide bonds. The SMILES string of the molecule is CC(Oc1ccc(F)cc1)C(=O)NCC1(O)CCC1. The second kappa shape index (κ2) is 5.57. The molecule has 2 N–H and O–H groups in total. The number of ether oxygens (including phenoxy) is 1. The fraction of sp³-hybridized carbons (Fsp3) is 0.500. The second-order valence-corrected chi connectivity index (χ2v) is 5.01. The molecule has 0 aromatic heterocycles. The van der Waals surface area contributed by atoms with Crippen LogP contribution in [-0.2, 0) is 4.79 Å². The first-order chi connectivity index (χ1) is 8.98. The Kier molecular flexibility index (Phi) is 4.04. The third-order valence-electron chi connectivity index (χ3n) is 3.37. The van der Waals surface area contributed by atoms with E-state index in [0.29, 0.717) is 5.75 Å². The number of carbonyl (C=O) groups excluding carboxylic acids is 1. The van der Waals surface area contributed by atoms with Gasteiger partial charge in [-0.3, -0.25) is 4.79 Å². The Balaban J connectivity index is 1.80. The first-order valence-electron chi connectivity index (χ1n) is 6.41. The molecule has 2 rings (SSSR count). The minimum atomic E-state index is -0.745. The third-order valence-corrected chi connectivity index (χ3v) is 3.37. The van der Waals surface area contributed by atoms with E-state index in [4.69, 9.17) is 4.74 Å². The summed E-state index contributed by atoms with van der Waals surface area (Å²) >= 11 is 0. The van der Waals surface area contributed by atoms with Crippen LogP contribution in [-0.4, -0.2) is 29.3 Å². The van der Waals surface area contributed by atoms with Crippen molar-refractivity contribution >= 4 is 5.91 Å². The smallest absolute Gasteiger partial charge is 0.260 e. The molecule has 1 aromatic carbocycles. The number of aliphatic hydroxyl groups is 1. The molecule has 0 spiro atoms. The molecule has 5 heteroatoms. The topological polar surface area (TPSA) is 58.6 Å². The maximum Gasteiger partial charge on any atom is 0.260 e. The highest BCUT2D eigenvalue weighted by atomic mass is 19.1. The molecule has 0 saturated heterocycles. The molecule has 19 heavy (non-hydrogen) atoms. The van der Waals surface area contributed by atoms with Crippen LogP contribution in [0.4, 0.5) is 4.39 Å². The van der Waals surface area contributed by atoms with Crippen molar-refractivity contribution in [3.63, 3.8) is 0 Å². The summed E-state index contributed by atoms with van der Waals surface area (Å²) < 4.78 is 18.1. The minimum Gasteiger partial charge on any atom is -0.481 e. The van der Waals surface area contributed by atoms with Crippen LogP contribution in [0.2, 0.25) is 0 Å². The quantitative estimate of drug-likeness (QED) is 0.852. The number of benzene rings is 1. The summed E-state index contributed by atoms with van der Waals surface area (Å²) in [7, 11) is 0. The summed E-state index contributed by atoms with van der Waals surface area (Å²) in [5.74, 6) is -0.201. The first-order valence-corrected chi connectivity index (χ1v) is 6.41. The van der Waals surface area contributed by atoms with Gasteiger partial charge < -0.3 is 15.2 Å². The molecular formula is C14H18FNO3. The maximum absolute atomic E-state index is 12.7. The lowest BCUT2D eigenvalue weighted by Crippen LogP contribution is -2.50. The Labute approximate surface area is 111 Å². The van der Waals surface area contributed by atoms with Gasteiger partial charge in [-0.15, -0.1) is 0 Å². The molecule has 1 unspecified atom stereocenters. The van der Waals surface area contributed by atoms with Crippen molar-refractivity contribution in [2.24, 2.45) is 0 Å². The van der Waals surface area contributed by atoms with Gasteiger partial charge in [-0.1, -0.05) is 0 Å². The number of hydrogen-bond acceptors (Lipinski definition) is 3. The van der Waals surface area contributed by atoms with E-state index in [2.05, 4.69) is 5.32 Å². The normalized spacial score (nSPS) is 18.3. The second-order valence-electron chi connectivity index (χ2n) is 5.01. The van der Waals surface area contributed by atoms with Gasteiger partial charge in [0.05, 0.1) is 5.60 Å². The van der Waals surface area contributed by atoms with E-state index in [9.17, 15) is 14.3 Å². The average molecular weight is 267 g/mol. The monoisotopic (exact) mass is 267 g/mol. The van der Waals surface area contributed by atoms with Gasteiger partial charge in [0.15, 0.2) is 6.10 Å². The molecule has 1 aliphatic rings. The standard InChI is InChI=1S/C14H18FNO3/c1-10(19-12-5-3-11(15)4-6-12)13(17)16-9-14(18)7-2-8-14/h3-6,10,18H,2,7-9H2,1H3,(H,16,17). The predicted molar refractivity (Wildman–Crippen MR) is 68.3 cm³/mol. The number of halogens is 1. The molecule has 4 nitrogen and oxygen atoms in total. The molecule has 1 atom stereocenters. The van der Waals surface area contributed by atoms with E-state index >= 15 is 0 Å². The Morgan fingerprint density at radius 2 is 2.11 bits per heavy atom. The van der Waals surface area contributed by atoms with Gasteiger partial charge in [-0.2, -0.15) is 0 Å². The number of hydrogen-bond donors (Lipinski definition) is 2. The van der Waals surface area contributed by atoms with Crippen molar-refractivity contribution in [2.75, 3.05) is 6.54 Å². The van der Waals surface area contributed by atoms with E-state index in [1.807, 2.05) is 0 Å². The van der Waals surface area contributed by atoms with Gasteiger partial charge in [-0.05, 0) is 50.5 Å². The lowest BCUT2D eigenvalue weighted by molar-refractivity contribution is -0.129. The van der Waals surface area contributed by atoms with Crippen molar-refractivity contribution in [2.45, 2.75) is 37.9 Å². The van der Waals surface area contributed by atoms with Crippen LogP contribution in [0.5, 0.6) is 5.75 Å². The van der Waals surface area contributed by atoms with Crippen LogP contribution in [0, 0.1) is 5.82 Å². The predicted octanol–water partition coefficient (Wildman–Crippen LogP) is 1.62. The highest BCUT2D eigenvalue weighted by Crippen LogP contribution is 2.30. The lowest BCUT2D eigenvalue weighted by Gasteiger charge is -2.36. The summed E-state index contributed by atoms with van der Waals surface area (Å²) in [5, 5.41) is 12.5. The molecule has 1 aliphatic carbocycles. The minimum absolute atomic E-state index is 0.253. The number of carbonyl (C=O) groups is 1. The zero-order valence-electron chi connectivity index (χ0n) is 10.9. The first kappa shape index (κ1) is 13.8. The van der Waals surface area contributed by atoms with E-state index < -0.39 is 11.7 Å². The van der Waals surface area contributed by atoms with E-state index in [1.165, 1.54) is 24.3 Å². The van der Waals surface area contributed by atoms with Crippen LogP contribution < -0.4 is 10.1 Å². The summed E-state index contributed by atoms with van der Waals surface area (Å²) in [6.45, 7) is 1.87. The van der Waals surface area contributed by atoms with Crippen molar-refractivity contribution in [3.8, 4) is 5.75 Å².